The topological polar surface area (TPSA) is 61.1 Å². The van der Waals surface area contributed by atoms with Crippen LogP contribution in [0, 0.1) is 5.41 Å². The third kappa shape index (κ3) is 2.79. The van der Waals surface area contributed by atoms with Crippen molar-refractivity contribution in [3.8, 4) is 0 Å². The summed E-state index contributed by atoms with van der Waals surface area (Å²) in [5.74, 6) is 0. The van der Waals surface area contributed by atoms with Gasteiger partial charge in [-0.1, -0.05) is 0 Å². The summed E-state index contributed by atoms with van der Waals surface area (Å²) in [7, 11) is 0. The van der Waals surface area contributed by atoms with Gasteiger partial charge in [0.1, 0.15) is 0 Å². The van der Waals surface area contributed by atoms with Crippen molar-refractivity contribution in [1.82, 2.24) is 4.98 Å². The number of pyridine rings is 1. The third-order valence-corrected chi connectivity index (χ3v) is 1.48. The molecule has 0 aliphatic heterocycles. The highest BCUT2D eigenvalue weighted by Gasteiger charge is 1.89. The molecule has 1 heterocycles. The summed E-state index contributed by atoms with van der Waals surface area (Å²) in [6.45, 7) is 0. The lowest BCUT2D eigenvalue weighted by molar-refractivity contribution is 1.26. The van der Waals surface area contributed by atoms with E-state index >= 15 is 0 Å². The Labute approximate surface area is 78.3 Å². The van der Waals surface area contributed by atoms with Crippen LogP contribution in [0.25, 0.3) is 0 Å². The number of hydrogen-bond acceptors (Lipinski definition) is 4. The van der Waals surface area contributed by atoms with Crippen molar-refractivity contribution in [3.63, 3.8) is 0 Å². The zero-order valence-electron chi connectivity index (χ0n) is 6.16. The fourth-order valence-corrected chi connectivity index (χ4v) is 0.987. The van der Waals surface area contributed by atoms with Crippen molar-refractivity contribution in [3.05, 3.63) is 22.9 Å². The molecule has 0 saturated carbocycles. The van der Waals surface area contributed by atoms with Crippen molar-refractivity contribution < 1.29 is 0 Å². The largest absolute Gasteiger partial charge is 0.307 e. The maximum atomic E-state index is 6.67. The summed E-state index contributed by atoms with van der Waals surface area (Å²) in [6.07, 6.45) is 5.77. The van der Waals surface area contributed by atoms with Gasteiger partial charge in [0.15, 0.2) is 0 Å². The van der Waals surface area contributed by atoms with E-state index in [9.17, 15) is 0 Å². The van der Waals surface area contributed by atoms with Gasteiger partial charge in [-0.25, -0.2) is 0 Å². The first-order valence-electron chi connectivity index (χ1n) is 3.21. The highest BCUT2D eigenvalue weighted by atomic mass is 79.9. The van der Waals surface area contributed by atoms with Gasteiger partial charge in [0.05, 0.1) is 18.1 Å². The van der Waals surface area contributed by atoms with Crippen LogP contribution in [0.1, 0.15) is 0 Å². The number of nitrogens with one attached hydrogen (secondary N) is 2. The lowest BCUT2D eigenvalue weighted by Gasteiger charge is -1.97. The maximum Gasteiger partial charge on any atom is 0.0756 e. The monoisotopic (exact) mass is 226 g/mol. The summed E-state index contributed by atoms with van der Waals surface area (Å²) in [6, 6.07) is 1.84. The van der Waals surface area contributed by atoms with E-state index in [0.717, 1.165) is 16.4 Å². The number of halogens is 1. The van der Waals surface area contributed by atoms with Crippen LogP contribution in [0.2, 0.25) is 0 Å². The van der Waals surface area contributed by atoms with Crippen molar-refractivity contribution in [2.24, 2.45) is 5.10 Å². The first-order valence-corrected chi connectivity index (χ1v) is 4.01. The van der Waals surface area contributed by atoms with Gasteiger partial charge in [-0.3, -0.25) is 10.4 Å². The molecule has 0 atom stereocenters. The molecule has 0 fully saturated rings. The van der Waals surface area contributed by atoms with E-state index in [-0.39, 0.29) is 0 Å². The second-order valence-electron chi connectivity index (χ2n) is 1.95. The molecule has 0 aliphatic carbocycles. The Morgan fingerprint density at radius 3 is 3.08 bits per heavy atom. The molecule has 0 unspecified atom stereocenters. The number of hydrazone groups is 1. The Bertz CT molecular complexity index is 297. The van der Waals surface area contributed by atoms with Gasteiger partial charge < -0.3 is 5.41 Å². The molecule has 0 saturated heterocycles. The van der Waals surface area contributed by atoms with Crippen LogP contribution in [0.3, 0.4) is 0 Å². The highest BCUT2D eigenvalue weighted by molar-refractivity contribution is 9.10. The van der Waals surface area contributed by atoms with Gasteiger partial charge in [0.2, 0.25) is 0 Å². The predicted octanol–water partition coefficient (Wildman–Crippen LogP) is 1.89. The van der Waals surface area contributed by atoms with Gasteiger partial charge in [-0.05, 0) is 22.0 Å². The Kier molecular flexibility index (Phi) is 3.40. The first kappa shape index (κ1) is 8.86. The lowest BCUT2D eigenvalue weighted by atomic mass is 10.4. The number of rotatable bonds is 3. The summed E-state index contributed by atoms with van der Waals surface area (Å²) >= 11 is 3.27. The third-order valence-electron chi connectivity index (χ3n) is 1.05. The lowest BCUT2D eigenvalue weighted by Crippen LogP contribution is -1.89. The summed E-state index contributed by atoms with van der Waals surface area (Å²) in [4.78, 5) is 3.92. The van der Waals surface area contributed by atoms with Crippen LogP contribution in [-0.4, -0.2) is 17.4 Å². The fraction of sp³-hybridized carbons (Fsp3) is 0. The molecule has 1 rings (SSSR count). The van der Waals surface area contributed by atoms with Crippen molar-refractivity contribution in [2.75, 3.05) is 5.43 Å². The first-order chi connectivity index (χ1) is 5.83. The van der Waals surface area contributed by atoms with Crippen molar-refractivity contribution in [2.45, 2.75) is 0 Å². The SMILES string of the molecule is N=C/C=N\Nc1cncc(Br)c1. The molecule has 5 heteroatoms. The van der Waals surface area contributed by atoms with E-state index in [2.05, 4.69) is 31.4 Å². The summed E-state index contributed by atoms with van der Waals surface area (Å²) in [5, 5.41) is 10.4. The Hall–Kier alpha value is -1.23. The standard InChI is InChI=1S/C7H7BrN4/c8-6-3-7(5-10-4-6)12-11-2-1-9/h1-5,9,12H/b9-1?,11-2-. The minimum absolute atomic E-state index is 0.780. The van der Waals surface area contributed by atoms with Crippen LogP contribution >= 0.6 is 15.9 Å². The van der Waals surface area contributed by atoms with Gasteiger partial charge >= 0.3 is 0 Å². The van der Waals surface area contributed by atoms with Crippen molar-refractivity contribution in [1.29, 1.82) is 5.41 Å². The molecule has 12 heavy (non-hydrogen) atoms. The van der Waals surface area contributed by atoms with Crippen LogP contribution < -0.4 is 5.43 Å². The smallest absolute Gasteiger partial charge is 0.0756 e. The average Bonchev–Trinajstić information content (AvgIpc) is 2.05. The molecule has 2 N–H and O–H groups in total. The second kappa shape index (κ2) is 4.61. The summed E-state index contributed by atoms with van der Waals surface area (Å²) < 4.78 is 0.887. The molecule has 0 aliphatic rings. The van der Waals surface area contributed by atoms with Gasteiger partial charge in [0, 0.05) is 16.9 Å². The Morgan fingerprint density at radius 1 is 1.58 bits per heavy atom. The second-order valence-corrected chi connectivity index (χ2v) is 2.86. The van der Waals surface area contributed by atoms with Crippen LogP contribution in [0.15, 0.2) is 28.0 Å². The van der Waals surface area contributed by atoms with Crippen LogP contribution in [0.4, 0.5) is 5.69 Å². The summed E-state index contributed by atoms with van der Waals surface area (Å²) in [5.41, 5.74) is 3.49. The molecule has 0 amide bonds. The average molecular weight is 227 g/mol. The molecule has 0 spiro atoms. The van der Waals surface area contributed by atoms with E-state index < -0.39 is 0 Å². The minimum Gasteiger partial charge on any atom is -0.307 e. The van der Waals surface area contributed by atoms with E-state index in [4.69, 9.17) is 5.41 Å². The fourth-order valence-electron chi connectivity index (χ4n) is 0.622. The molecular weight excluding hydrogens is 220 g/mol. The van der Waals surface area contributed by atoms with E-state index in [1.807, 2.05) is 6.07 Å². The molecule has 0 radical (unpaired) electrons. The molecule has 1 aromatic heterocycles. The number of anilines is 1. The molecule has 62 valence electrons. The minimum atomic E-state index is 0.780. The van der Waals surface area contributed by atoms with Crippen molar-refractivity contribution >= 4 is 34.0 Å². The van der Waals surface area contributed by atoms with Crippen LogP contribution in [0.5, 0.6) is 0 Å². The van der Waals surface area contributed by atoms with E-state index in [0.29, 0.717) is 0 Å². The Balaban J connectivity index is 2.63. The zero-order chi connectivity index (χ0) is 8.81. The zero-order valence-corrected chi connectivity index (χ0v) is 7.75. The van der Waals surface area contributed by atoms with Gasteiger partial charge in [-0.15, -0.1) is 0 Å². The highest BCUT2D eigenvalue weighted by Crippen LogP contribution is 2.12. The number of aromatic nitrogens is 1. The van der Waals surface area contributed by atoms with Gasteiger partial charge in [-0.2, -0.15) is 5.10 Å². The molecular formula is C7H7BrN4. The van der Waals surface area contributed by atoms with Gasteiger partial charge in [0.25, 0.3) is 0 Å². The molecule has 0 aromatic carbocycles. The molecule has 4 nitrogen and oxygen atoms in total. The normalized spacial score (nSPS) is 10.1. The number of hydrogen-bond donors (Lipinski definition) is 2. The Morgan fingerprint density at radius 2 is 2.42 bits per heavy atom. The molecule has 0 bridgehead atoms. The molecule has 1 aromatic rings. The maximum absolute atomic E-state index is 6.67. The quantitative estimate of drug-likeness (QED) is 0.611. The number of nitrogens with zero attached hydrogens (tertiary/aromatic N) is 2. The van der Waals surface area contributed by atoms with E-state index in [1.165, 1.54) is 6.21 Å². The van der Waals surface area contributed by atoms with Crippen LogP contribution in [-0.2, 0) is 0 Å². The predicted molar refractivity (Wildman–Crippen MR) is 52.8 cm³/mol. The van der Waals surface area contributed by atoms with E-state index in [1.54, 1.807) is 12.4 Å².